The molecule has 0 fully saturated rings. The Morgan fingerprint density at radius 3 is 2.40 bits per heavy atom. The number of hydrogen-bond donors (Lipinski definition) is 1. The Hall–Kier alpha value is -3.59. The van der Waals surface area contributed by atoms with Crippen molar-refractivity contribution in [3.8, 4) is 5.69 Å². The summed E-state index contributed by atoms with van der Waals surface area (Å²) in [5.41, 5.74) is 1.55. The molecule has 5 nitrogen and oxygen atoms in total. The van der Waals surface area contributed by atoms with Crippen molar-refractivity contribution in [3.05, 3.63) is 93.8 Å². The number of aromatic nitrogens is 2. The van der Waals surface area contributed by atoms with Crippen LogP contribution >= 0.6 is 11.8 Å². The number of halogens is 3. The van der Waals surface area contributed by atoms with Crippen LogP contribution in [-0.2, 0) is 11.0 Å². The van der Waals surface area contributed by atoms with Crippen LogP contribution in [0.3, 0.4) is 0 Å². The monoisotopic (exact) mass is 497 g/mol. The number of rotatable bonds is 5. The molecule has 4 aromatic rings. The van der Waals surface area contributed by atoms with Crippen molar-refractivity contribution in [2.45, 2.75) is 37.4 Å². The molecule has 1 N–H and O–H groups in total. The summed E-state index contributed by atoms with van der Waals surface area (Å²) < 4.78 is 41.4. The van der Waals surface area contributed by atoms with Gasteiger partial charge >= 0.3 is 6.18 Å². The maximum atomic E-state index is 13.4. The molecule has 4 rings (SSSR count). The lowest BCUT2D eigenvalue weighted by atomic mass is 10.1. The second-order valence-electron chi connectivity index (χ2n) is 8.11. The molecule has 1 amide bonds. The smallest absolute Gasteiger partial charge is 0.325 e. The number of benzene rings is 3. The van der Waals surface area contributed by atoms with E-state index in [2.05, 4.69) is 10.3 Å². The largest absolute Gasteiger partial charge is 0.418 e. The van der Waals surface area contributed by atoms with Gasteiger partial charge in [0.2, 0.25) is 5.91 Å². The fourth-order valence-electron chi connectivity index (χ4n) is 3.57. The highest BCUT2D eigenvalue weighted by atomic mass is 32.2. The minimum absolute atomic E-state index is 0.267. The highest BCUT2D eigenvalue weighted by molar-refractivity contribution is 8.00. The van der Waals surface area contributed by atoms with Crippen LogP contribution in [0.1, 0.15) is 23.6 Å². The van der Waals surface area contributed by atoms with Crippen LogP contribution in [0.25, 0.3) is 16.6 Å². The molecule has 0 spiro atoms. The quantitative estimate of drug-likeness (QED) is 0.266. The molecule has 0 saturated carbocycles. The standard InChI is InChI=1S/C26H22F3N3O2S/c1-15-12-13-18(14-16(15)2)32-24(34)19-8-4-6-10-21(19)31-25(32)35-17(3)23(33)30-22-11-7-5-9-20(22)26(27,28)29/h4-14,17H,1-3H3,(H,30,33). The number of alkyl halides is 3. The summed E-state index contributed by atoms with van der Waals surface area (Å²) in [4.78, 5) is 30.9. The lowest BCUT2D eigenvalue weighted by Crippen LogP contribution is -2.27. The Kier molecular flexibility index (Phi) is 6.71. The molecular weight excluding hydrogens is 475 g/mol. The highest BCUT2D eigenvalue weighted by Crippen LogP contribution is 2.35. The van der Waals surface area contributed by atoms with Crippen molar-refractivity contribution >= 4 is 34.3 Å². The topological polar surface area (TPSA) is 64.0 Å². The van der Waals surface area contributed by atoms with Crippen molar-refractivity contribution in [1.82, 2.24) is 9.55 Å². The summed E-state index contributed by atoms with van der Waals surface area (Å²) in [6, 6.07) is 17.2. The summed E-state index contributed by atoms with van der Waals surface area (Å²) in [5.74, 6) is -0.638. The van der Waals surface area contributed by atoms with E-state index in [1.54, 1.807) is 37.3 Å². The number of carbonyl (C=O) groups excluding carboxylic acids is 1. The Morgan fingerprint density at radius 1 is 1.00 bits per heavy atom. The van der Waals surface area contributed by atoms with E-state index < -0.39 is 22.9 Å². The molecule has 1 aromatic heterocycles. The molecular formula is C26H22F3N3O2S. The average molecular weight is 498 g/mol. The second kappa shape index (κ2) is 9.58. The number of nitrogens with zero attached hydrogens (tertiary/aromatic N) is 2. The van der Waals surface area contributed by atoms with Gasteiger partial charge in [0.05, 0.1) is 33.1 Å². The van der Waals surface area contributed by atoms with Crippen LogP contribution in [0.4, 0.5) is 18.9 Å². The normalized spacial score (nSPS) is 12.5. The van der Waals surface area contributed by atoms with Crippen LogP contribution in [0.15, 0.2) is 76.7 Å². The third kappa shape index (κ3) is 5.09. The van der Waals surface area contributed by atoms with Gasteiger partial charge < -0.3 is 5.32 Å². The zero-order valence-corrected chi connectivity index (χ0v) is 20.0. The number of fused-ring (bicyclic) bond motifs is 1. The molecule has 180 valence electrons. The van der Waals surface area contributed by atoms with Gasteiger partial charge in [-0.15, -0.1) is 0 Å². The zero-order valence-electron chi connectivity index (χ0n) is 19.2. The SMILES string of the molecule is Cc1ccc(-n2c(SC(C)C(=O)Nc3ccccc3C(F)(F)F)nc3ccccc3c2=O)cc1C. The molecule has 3 aromatic carbocycles. The van der Waals surface area contributed by atoms with E-state index in [1.165, 1.54) is 22.8 Å². The van der Waals surface area contributed by atoms with Crippen molar-refractivity contribution in [2.75, 3.05) is 5.32 Å². The maximum Gasteiger partial charge on any atom is 0.418 e. The molecule has 0 radical (unpaired) electrons. The van der Waals surface area contributed by atoms with Gasteiger partial charge in [-0.25, -0.2) is 4.98 Å². The number of para-hydroxylation sites is 2. The third-order valence-corrected chi connectivity index (χ3v) is 6.69. The molecule has 0 aliphatic carbocycles. The first-order chi connectivity index (χ1) is 16.6. The molecule has 0 aliphatic rings. The number of carbonyl (C=O) groups is 1. The number of nitrogens with one attached hydrogen (secondary N) is 1. The van der Waals surface area contributed by atoms with Gasteiger partial charge in [-0.1, -0.05) is 42.1 Å². The van der Waals surface area contributed by atoms with Crippen LogP contribution in [0.5, 0.6) is 0 Å². The first-order valence-corrected chi connectivity index (χ1v) is 11.7. The fraction of sp³-hybridized carbons (Fsp3) is 0.192. The van der Waals surface area contributed by atoms with Crippen LogP contribution in [-0.4, -0.2) is 20.7 Å². The van der Waals surface area contributed by atoms with Gasteiger partial charge in [-0.2, -0.15) is 13.2 Å². The first-order valence-electron chi connectivity index (χ1n) is 10.8. The van der Waals surface area contributed by atoms with Crippen molar-refractivity contribution in [2.24, 2.45) is 0 Å². The van der Waals surface area contributed by atoms with Gasteiger partial charge in [0.1, 0.15) is 0 Å². The number of aryl methyl sites for hydroxylation is 2. The van der Waals surface area contributed by atoms with Gasteiger partial charge in [0.25, 0.3) is 5.56 Å². The van der Waals surface area contributed by atoms with Gasteiger partial charge in [0.15, 0.2) is 5.16 Å². The summed E-state index contributed by atoms with van der Waals surface area (Å²) in [6.07, 6.45) is -4.61. The molecule has 35 heavy (non-hydrogen) atoms. The van der Waals surface area contributed by atoms with E-state index in [9.17, 15) is 22.8 Å². The van der Waals surface area contributed by atoms with Crippen molar-refractivity contribution in [1.29, 1.82) is 0 Å². The number of amides is 1. The van der Waals surface area contributed by atoms with E-state index in [0.717, 1.165) is 29.0 Å². The van der Waals surface area contributed by atoms with Gasteiger partial charge in [-0.05, 0) is 68.3 Å². The van der Waals surface area contributed by atoms with E-state index in [0.29, 0.717) is 16.6 Å². The third-order valence-electron chi connectivity index (χ3n) is 5.64. The minimum Gasteiger partial charge on any atom is -0.325 e. The summed E-state index contributed by atoms with van der Waals surface area (Å²) in [5, 5.41) is 2.21. The summed E-state index contributed by atoms with van der Waals surface area (Å²) in [6.45, 7) is 5.45. The first kappa shape index (κ1) is 24.5. The molecule has 0 bridgehead atoms. The molecule has 0 aliphatic heterocycles. The van der Waals surface area contributed by atoms with Gasteiger partial charge in [-0.3, -0.25) is 14.2 Å². The molecule has 1 atom stereocenters. The van der Waals surface area contributed by atoms with Gasteiger partial charge in [0, 0.05) is 0 Å². The lowest BCUT2D eigenvalue weighted by Gasteiger charge is -2.18. The number of anilines is 1. The minimum atomic E-state index is -4.61. The van der Waals surface area contributed by atoms with Crippen molar-refractivity contribution < 1.29 is 18.0 Å². The predicted molar refractivity (Wildman–Crippen MR) is 132 cm³/mol. The van der Waals surface area contributed by atoms with E-state index >= 15 is 0 Å². The summed E-state index contributed by atoms with van der Waals surface area (Å²) in [7, 11) is 0. The second-order valence-corrected chi connectivity index (χ2v) is 9.42. The molecule has 9 heteroatoms. The van der Waals surface area contributed by atoms with Crippen LogP contribution in [0, 0.1) is 13.8 Å². The van der Waals surface area contributed by atoms with Crippen molar-refractivity contribution in [3.63, 3.8) is 0 Å². The fourth-order valence-corrected chi connectivity index (χ4v) is 4.50. The van der Waals surface area contributed by atoms with E-state index in [-0.39, 0.29) is 16.4 Å². The predicted octanol–water partition coefficient (Wildman–Crippen LogP) is 6.14. The Labute approximate surface area is 204 Å². The number of hydrogen-bond acceptors (Lipinski definition) is 4. The summed E-state index contributed by atoms with van der Waals surface area (Å²) >= 11 is 1.00. The van der Waals surface area contributed by atoms with Crippen LogP contribution in [0.2, 0.25) is 0 Å². The number of thioether (sulfide) groups is 1. The zero-order chi connectivity index (χ0) is 25.3. The Balaban J connectivity index is 1.73. The van der Waals surface area contributed by atoms with E-state index in [4.69, 9.17) is 0 Å². The molecule has 1 heterocycles. The van der Waals surface area contributed by atoms with Crippen LogP contribution < -0.4 is 10.9 Å². The average Bonchev–Trinajstić information content (AvgIpc) is 2.81. The maximum absolute atomic E-state index is 13.4. The Morgan fingerprint density at radius 2 is 1.69 bits per heavy atom. The molecule has 1 unspecified atom stereocenters. The molecule has 0 saturated heterocycles. The van der Waals surface area contributed by atoms with E-state index in [1.807, 2.05) is 26.0 Å². The lowest BCUT2D eigenvalue weighted by molar-refractivity contribution is -0.137. The Bertz CT molecular complexity index is 1480. The highest BCUT2D eigenvalue weighted by Gasteiger charge is 2.34.